The maximum atomic E-state index is 11.7. The fourth-order valence-corrected chi connectivity index (χ4v) is 2.84. The second-order valence-electron chi connectivity index (χ2n) is 5.10. The Balaban J connectivity index is 1.98. The van der Waals surface area contributed by atoms with Crippen LogP contribution >= 0.6 is 0 Å². The minimum atomic E-state index is -0.342. The van der Waals surface area contributed by atoms with Crippen LogP contribution in [0.15, 0.2) is 0 Å². The van der Waals surface area contributed by atoms with Crippen molar-refractivity contribution in [1.29, 1.82) is 0 Å². The van der Waals surface area contributed by atoms with E-state index >= 15 is 0 Å². The summed E-state index contributed by atoms with van der Waals surface area (Å²) in [6.45, 7) is 5.21. The third kappa shape index (κ3) is 1.60. The summed E-state index contributed by atoms with van der Waals surface area (Å²) in [6.07, 6.45) is 4.92. The van der Waals surface area contributed by atoms with Gasteiger partial charge in [0.15, 0.2) is 5.78 Å². The second-order valence-corrected chi connectivity index (χ2v) is 5.10. The number of hydrogen-bond acceptors (Lipinski definition) is 2. The lowest BCUT2D eigenvalue weighted by molar-refractivity contribution is -0.136. The predicted octanol–water partition coefficient (Wildman–Crippen LogP) is 2.56. The summed E-state index contributed by atoms with van der Waals surface area (Å²) < 4.78 is 5.67. The van der Waals surface area contributed by atoms with E-state index in [0.29, 0.717) is 18.8 Å². The number of ether oxygens (including phenoxy) is 1. The number of rotatable bonds is 1. The molecule has 1 saturated heterocycles. The number of Topliss-reactive ketones (excluding diaryl/α,β-unsaturated/α-hetero) is 1. The molecule has 2 nitrogen and oxygen atoms in total. The lowest BCUT2D eigenvalue weighted by Crippen LogP contribution is -2.40. The Morgan fingerprint density at radius 3 is 2.43 bits per heavy atom. The topological polar surface area (TPSA) is 26.3 Å². The highest BCUT2D eigenvalue weighted by atomic mass is 16.5. The van der Waals surface area contributed by atoms with Crippen molar-refractivity contribution in [3.05, 3.63) is 0 Å². The van der Waals surface area contributed by atoms with Crippen LogP contribution in [-0.4, -0.2) is 18.0 Å². The molecular formula is C12H20O2. The van der Waals surface area contributed by atoms with Crippen LogP contribution in [0.25, 0.3) is 0 Å². The van der Waals surface area contributed by atoms with Gasteiger partial charge < -0.3 is 4.74 Å². The van der Waals surface area contributed by atoms with Gasteiger partial charge in [-0.15, -0.1) is 0 Å². The van der Waals surface area contributed by atoms with E-state index in [0.717, 1.165) is 24.7 Å². The molecule has 0 aromatic rings. The first-order valence-electron chi connectivity index (χ1n) is 5.81. The molecule has 1 heterocycles. The first-order chi connectivity index (χ1) is 6.64. The largest absolute Gasteiger partial charge is 0.367 e. The van der Waals surface area contributed by atoms with Crippen LogP contribution in [0.3, 0.4) is 0 Å². The zero-order chi connectivity index (χ0) is 10.2. The van der Waals surface area contributed by atoms with E-state index in [1.165, 1.54) is 12.8 Å². The molecule has 2 rings (SSSR count). The molecule has 14 heavy (non-hydrogen) atoms. The Kier molecular flexibility index (Phi) is 2.65. The van der Waals surface area contributed by atoms with Crippen LogP contribution in [0.5, 0.6) is 0 Å². The first-order valence-corrected chi connectivity index (χ1v) is 5.81. The molecule has 0 radical (unpaired) electrons. The van der Waals surface area contributed by atoms with E-state index in [1.54, 1.807) is 0 Å². The van der Waals surface area contributed by atoms with Gasteiger partial charge >= 0.3 is 0 Å². The van der Waals surface area contributed by atoms with E-state index in [-0.39, 0.29) is 5.60 Å². The molecule has 0 aromatic carbocycles. The molecule has 0 amide bonds. The summed E-state index contributed by atoms with van der Waals surface area (Å²) in [7, 11) is 0. The minimum absolute atomic E-state index is 0.342. The molecule has 0 N–H and O–H groups in total. The molecule has 0 bridgehead atoms. The zero-order valence-electron chi connectivity index (χ0n) is 9.21. The summed E-state index contributed by atoms with van der Waals surface area (Å²) in [5, 5.41) is 0. The van der Waals surface area contributed by atoms with E-state index in [2.05, 4.69) is 13.8 Å². The SMILES string of the molecule is CC(C)C1CCC2(CC1)OCCC2=O. The third-order valence-electron chi connectivity index (χ3n) is 4.00. The highest BCUT2D eigenvalue weighted by Crippen LogP contribution is 2.41. The monoisotopic (exact) mass is 196 g/mol. The summed E-state index contributed by atoms with van der Waals surface area (Å²) in [5.74, 6) is 1.92. The molecule has 1 saturated carbocycles. The van der Waals surface area contributed by atoms with Crippen LogP contribution in [0.4, 0.5) is 0 Å². The quantitative estimate of drug-likeness (QED) is 0.644. The smallest absolute Gasteiger partial charge is 0.166 e. The minimum Gasteiger partial charge on any atom is -0.367 e. The number of carbonyl (C=O) groups is 1. The van der Waals surface area contributed by atoms with Gasteiger partial charge in [-0.1, -0.05) is 13.8 Å². The van der Waals surface area contributed by atoms with Gasteiger partial charge in [0.05, 0.1) is 6.61 Å². The number of carbonyl (C=O) groups excluding carboxylic acids is 1. The van der Waals surface area contributed by atoms with Gasteiger partial charge in [-0.25, -0.2) is 0 Å². The average Bonchev–Trinajstić information content (AvgIpc) is 2.49. The Morgan fingerprint density at radius 1 is 1.36 bits per heavy atom. The lowest BCUT2D eigenvalue weighted by Gasteiger charge is -2.36. The lowest BCUT2D eigenvalue weighted by atomic mass is 9.73. The normalized spacial score (nSPS) is 38.5. The summed E-state index contributed by atoms with van der Waals surface area (Å²) in [4.78, 5) is 11.7. The summed E-state index contributed by atoms with van der Waals surface area (Å²) in [6, 6.07) is 0. The fourth-order valence-electron chi connectivity index (χ4n) is 2.84. The standard InChI is InChI=1S/C12H20O2/c1-9(2)10-3-6-12(7-4-10)11(13)5-8-14-12/h9-10H,3-8H2,1-2H3. The van der Waals surface area contributed by atoms with E-state index < -0.39 is 0 Å². The van der Waals surface area contributed by atoms with E-state index in [1.807, 2.05) is 0 Å². The van der Waals surface area contributed by atoms with Gasteiger partial charge in [0.2, 0.25) is 0 Å². The molecule has 0 unspecified atom stereocenters. The molecule has 2 aliphatic rings. The fraction of sp³-hybridized carbons (Fsp3) is 0.917. The zero-order valence-corrected chi connectivity index (χ0v) is 9.21. The maximum Gasteiger partial charge on any atom is 0.166 e. The van der Waals surface area contributed by atoms with Gasteiger partial charge in [0.25, 0.3) is 0 Å². The average molecular weight is 196 g/mol. The Bertz CT molecular complexity index is 224. The number of ketones is 1. The Morgan fingerprint density at radius 2 is 2.00 bits per heavy atom. The number of hydrogen-bond donors (Lipinski definition) is 0. The van der Waals surface area contributed by atoms with Crippen molar-refractivity contribution >= 4 is 5.78 Å². The Labute approximate surface area is 86.0 Å². The van der Waals surface area contributed by atoms with Crippen molar-refractivity contribution in [3.8, 4) is 0 Å². The maximum absolute atomic E-state index is 11.7. The van der Waals surface area contributed by atoms with Crippen LogP contribution in [0.1, 0.15) is 46.0 Å². The molecule has 1 aliphatic heterocycles. The van der Waals surface area contributed by atoms with Gasteiger partial charge in [-0.3, -0.25) is 4.79 Å². The molecule has 2 fully saturated rings. The van der Waals surface area contributed by atoms with Crippen molar-refractivity contribution in [2.24, 2.45) is 11.8 Å². The van der Waals surface area contributed by atoms with Crippen LogP contribution in [-0.2, 0) is 9.53 Å². The molecule has 2 heteroatoms. The van der Waals surface area contributed by atoms with Crippen LogP contribution in [0.2, 0.25) is 0 Å². The van der Waals surface area contributed by atoms with E-state index in [4.69, 9.17) is 4.74 Å². The van der Waals surface area contributed by atoms with Gasteiger partial charge in [0.1, 0.15) is 5.60 Å². The first kappa shape index (κ1) is 10.2. The third-order valence-corrected chi connectivity index (χ3v) is 4.00. The van der Waals surface area contributed by atoms with Crippen molar-refractivity contribution in [3.63, 3.8) is 0 Å². The molecular weight excluding hydrogens is 176 g/mol. The van der Waals surface area contributed by atoms with Gasteiger partial charge in [0, 0.05) is 6.42 Å². The second kappa shape index (κ2) is 3.65. The molecule has 0 atom stereocenters. The summed E-state index contributed by atoms with van der Waals surface area (Å²) >= 11 is 0. The summed E-state index contributed by atoms with van der Waals surface area (Å²) in [5.41, 5.74) is -0.342. The van der Waals surface area contributed by atoms with Crippen molar-refractivity contribution in [2.45, 2.75) is 51.6 Å². The highest BCUT2D eigenvalue weighted by Gasteiger charge is 2.45. The molecule has 1 aliphatic carbocycles. The molecule has 1 spiro atoms. The molecule has 0 aromatic heterocycles. The highest BCUT2D eigenvalue weighted by molar-refractivity contribution is 5.89. The van der Waals surface area contributed by atoms with Gasteiger partial charge in [-0.2, -0.15) is 0 Å². The van der Waals surface area contributed by atoms with Crippen LogP contribution in [0, 0.1) is 11.8 Å². The van der Waals surface area contributed by atoms with Crippen molar-refractivity contribution in [2.75, 3.05) is 6.61 Å². The predicted molar refractivity (Wildman–Crippen MR) is 55.1 cm³/mol. The van der Waals surface area contributed by atoms with E-state index in [9.17, 15) is 4.79 Å². The van der Waals surface area contributed by atoms with Crippen LogP contribution < -0.4 is 0 Å². The van der Waals surface area contributed by atoms with Gasteiger partial charge in [-0.05, 0) is 37.5 Å². The molecule has 80 valence electrons. The Hall–Kier alpha value is -0.370. The van der Waals surface area contributed by atoms with Crippen molar-refractivity contribution < 1.29 is 9.53 Å². The van der Waals surface area contributed by atoms with Crippen molar-refractivity contribution in [1.82, 2.24) is 0 Å².